The van der Waals surface area contributed by atoms with Gasteiger partial charge in [0.05, 0.1) is 17.6 Å². The number of hydrogen-bond acceptors (Lipinski definition) is 4. The molecule has 6 nitrogen and oxygen atoms in total. The summed E-state index contributed by atoms with van der Waals surface area (Å²) < 4.78 is 30.2. The number of aryl methyl sites for hydroxylation is 3. The van der Waals surface area contributed by atoms with Crippen LogP contribution in [0.3, 0.4) is 0 Å². The number of para-hydroxylation sites is 1. The van der Waals surface area contributed by atoms with Gasteiger partial charge >= 0.3 is 0 Å². The molecule has 1 aliphatic rings. The van der Waals surface area contributed by atoms with Crippen LogP contribution in [-0.4, -0.2) is 29.5 Å². The molecule has 27 heavy (non-hydrogen) atoms. The molecular formula is C20H22N4O2S. The van der Waals surface area contributed by atoms with Gasteiger partial charge in [0.2, 0.25) is 0 Å². The summed E-state index contributed by atoms with van der Waals surface area (Å²) >= 11 is 0. The summed E-state index contributed by atoms with van der Waals surface area (Å²) in [6.07, 6.45) is 4.99. The standard InChI is InChI=1S/C20H22N4O2S/c1-13-6-5-7-17-15(3)10-24(20(13)17)27(25,26)18-9-21-19(8-14(18)2)23-11-16(4)22-12-23/h5-9,11-12,15H,10H2,1-4H3/t15-/m1/s1. The highest BCUT2D eigenvalue weighted by atomic mass is 32.2. The first-order valence-electron chi connectivity index (χ1n) is 8.89. The first-order valence-corrected chi connectivity index (χ1v) is 10.3. The van der Waals surface area contributed by atoms with Gasteiger partial charge in [-0.25, -0.2) is 18.4 Å². The first-order chi connectivity index (χ1) is 12.8. The van der Waals surface area contributed by atoms with Gasteiger partial charge in [-0.05, 0) is 43.5 Å². The third kappa shape index (κ3) is 2.82. The second kappa shape index (κ2) is 6.20. The SMILES string of the molecule is Cc1cn(-c2cc(C)c(S(=O)(=O)N3C[C@@H](C)c4cccc(C)c43)cn2)cn1. The van der Waals surface area contributed by atoms with Crippen molar-refractivity contribution in [3.05, 3.63) is 65.4 Å². The predicted molar refractivity (Wildman–Crippen MR) is 105 cm³/mol. The van der Waals surface area contributed by atoms with Gasteiger partial charge in [-0.3, -0.25) is 8.87 Å². The molecule has 0 fully saturated rings. The van der Waals surface area contributed by atoms with Crippen LogP contribution >= 0.6 is 0 Å². The number of nitrogens with zero attached hydrogens (tertiary/aromatic N) is 4. The Labute approximate surface area is 159 Å². The van der Waals surface area contributed by atoms with Crippen LogP contribution in [0.1, 0.15) is 35.2 Å². The molecule has 1 aromatic carbocycles. The molecular weight excluding hydrogens is 360 g/mol. The van der Waals surface area contributed by atoms with Crippen LogP contribution in [0.25, 0.3) is 5.82 Å². The Balaban J connectivity index is 1.78. The van der Waals surface area contributed by atoms with E-state index in [0.29, 0.717) is 17.9 Å². The Hall–Kier alpha value is -2.67. The first kappa shape index (κ1) is 17.7. The fraction of sp³-hybridized carbons (Fsp3) is 0.300. The van der Waals surface area contributed by atoms with Gasteiger partial charge in [0.15, 0.2) is 0 Å². The number of benzene rings is 1. The Morgan fingerprint density at radius 3 is 2.56 bits per heavy atom. The van der Waals surface area contributed by atoms with E-state index in [1.807, 2.05) is 38.2 Å². The third-order valence-electron chi connectivity index (χ3n) is 5.08. The minimum Gasteiger partial charge on any atom is -0.290 e. The summed E-state index contributed by atoms with van der Waals surface area (Å²) in [5.74, 6) is 0.814. The van der Waals surface area contributed by atoms with Crippen molar-refractivity contribution in [1.29, 1.82) is 0 Å². The summed E-state index contributed by atoms with van der Waals surface area (Å²) in [6.45, 7) is 8.17. The molecule has 0 spiro atoms. The second-order valence-electron chi connectivity index (χ2n) is 7.18. The van der Waals surface area contributed by atoms with Crippen LogP contribution < -0.4 is 4.31 Å². The summed E-state index contributed by atoms with van der Waals surface area (Å²) in [4.78, 5) is 8.81. The van der Waals surface area contributed by atoms with Gasteiger partial charge in [-0.2, -0.15) is 0 Å². The molecule has 4 rings (SSSR count). The number of fused-ring (bicyclic) bond motifs is 1. The predicted octanol–water partition coefficient (Wildman–Crippen LogP) is 3.50. The van der Waals surface area contributed by atoms with Crippen molar-refractivity contribution in [2.24, 2.45) is 0 Å². The lowest BCUT2D eigenvalue weighted by Gasteiger charge is -2.22. The fourth-order valence-electron chi connectivity index (χ4n) is 3.68. The van der Waals surface area contributed by atoms with Crippen molar-refractivity contribution in [3.63, 3.8) is 0 Å². The van der Waals surface area contributed by atoms with Crippen molar-refractivity contribution in [2.75, 3.05) is 10.8 Å². The quantitative estimate of drug-likeness (QED) is 0.695. The van der Waals surface area contributed by atoms with E-state index in [0.717, 1.165) is 22.5 Å². The van der Waals surface area contributed by atoms with E-state index in [9.17, 15) is 8.42 Å². The van der Waals surface area contributed by atoms with Crippen molar-refractivity contribution < 1.29 is 8.42 Å². The molecule has 1 aliphatic heterocycles. The van der Waals surface area contributed by atoms with Crippen LogP contribution in [0.15, 0.2) is 47.9 Å². The Morgan fingerprint density at radius 2 is 1.89 bits per heavy atom. The molecule has 0 bridgehead atoms. The number of aromatic nitrogens is 3. The molecule has 0 N–H and O–H groups in total. The molecule has 0 unspecified atom stereocenters. The van der Waals surface area contributed by atoms with Crippen LogP contribution in [0.5, 0.6) is 0 Å². The van der Waals surface area contributed by atoms with Crippen molar-refractivity contribution in [2.45, 2.75) is 38.5 Å². The molecule has 0 aliphatic carbocycles. The average molecular weight is 382 g/mol. The van der Waals surface area contributed by atoms with E-state index >= 15 is 0 Å². The van der Waals surface area contributed by atoms with E-state index in [2.05, 4.69) is 16.9 Å². The zero-order valence-corrected chi connectivity index (χ0v) is 16.7. The maximum absolute atomic E-state index is 13.4. The molecule has 0 amide bonds. The lowest BCUT2D eigenvalue weighted by atomic mass is 10.0. The molecule has 140 valence electrons. The molecule has 2 aromatic heterocycles. The van der Waals surface area contributed by atoms with E-state index in [1.54, 1.807) is 23.9 Å². The molecule has 0 saturated heterocycles. The molecule has 1 atom stereocenters. The van der Waals surface area contributed by atoms with Crippen LogP contribution in [0.2, 0.25) is 0 Å². The van der Waals surface area contributed by atoms with Crippen LogP contribution in [0, 0.1) is 20.8 Å². The topological polar surface area (TPSA) is 68.1 Å². The van der Waals surface area contributed by atoms with E-state index < -0.39 is 10.0 Å². The van der Waals surface area contributed by atoms with Gasteiger partial charge in [0.25, 0.3) is 10.0 Å². The zero-order valence-electron chi connectivity index (χ0n) is 15.8. The van der Waals surface area contributed by atoms with E-state index in [-0.39, 0.29) is 10.8 Å². The maximum atomic E-state index is 13.4. The lowest BCUT2D eigenvalue weighted by Crippen LogP contribution is -2.31. The number of anilines is 1. The fourth-order valence-corrected chi connectivity index (χ4v) is 5.48. The van der Waals surface area contributed by atoms with Gasteiger partial charge in [0.1, 0.15) is 17.0 Å². The van der Waals surface area contributed by atoms with E-state index in [4.69, 9.17) is 0 Å². The molecule has 7 heteroatoms. The molecule has 0 radical (unpaired) electrons. The highest BCUT2D eigenvalue weighted by molar-refractivity contribution is 7.93. The average Bonchev–Trinajstić information content (AvgIpc) is 3.20. The number of rotatable bonds is 3. The summed E-state index contributed by atoms with van der Waals surface area (Å²) in [5.41, 5.74) is 4.40. The van der Waals surface area contributed by atoms with Gasteiger partial charge < -0.3 is 0 Å². The summed E-state index contributed by atoms with van der Waals surface area (Å²) in [7, 11) is -3.69. The maximum Gasteiger partial charge on any atom is 0.266 e. The van der Waals surface area contributed by atoms with E-state index in [1.165, 1.54) is 10.5 Å². The minimum atomic E-state index is -3.69. The zero-order chi connectivity index (χ0) is 19.3. The Bertz CT molecular complexity index is 1130. The summed E-state index contributed by atoms with van der Waals surface area (Å²) in [6, 6.07) is 7.73. The number of imidazole rings is 1. The van der Waals surface area contributed by atoms with Gasteiger partial charge in [-0.1, -0.05) is 25.1 Å². The number of sulfonamides is 1. The highest BCUT2D eigenvalue weighted by Crippen LogP contribution is 2.41. The smallest absolute Gasteiger partial charge is 0.266 e. The summed E-state index contributed by atoms with van der Waals surface area (Å²) in [5, 5.41) is 0. The third-order valence-corrected chi connectivity index (χ3v) is 6.98. The minimum absolute atomic E-state index is 0.163. The normalized spacial score (nSPS) is 16.6. The monoisotopic (exact) mass is 382 g/mol. The van der Waals surface area contributed by atoms with Crippen molar-refractivity contribution in [1.82, 2.24) is 14.5 Å². The molecule has 3 aromatic rings. The van der Waals surface area contributed by atoms with Crippen molar-refractivity contribution >= 4 is 15.7 Å². The second-order valence-corrected chi connectivity index (χ2v) is 9.01. The molecule has 0 saturated carbocycles. The van der Waals surface area contributed by atoms with Crippen LogP contribution in [0.4, 0.5) is 5.69 Å². The van der Waals surface area contributed by atoms with Crippen molar-refractivity contribution in [3.8, 4) is 5.82 Å². The van der Waals surface area contributed by atoms with Gasteiger partial charge in [0, 0.05) is 18.7 Å². The number of hydrogen-bond donors (Lipinski definition) is 0. The lowest BCUT2D eigenvalue weighted by molar-refractivity contribution is 0.589. The Morgan fingerprint density at radius 1 is 1.11 bits per heavy atom. The largest absolute Gasteiger partial charge is 0.290 e. The van der Waals surface area contributed by atoms with Crippen LogP contribution in [-0.2, 0) is 10.0 Å². The number of pyridine rings is 1. The molecule has 3 heterocycles. The van der Waals surface area contributed by atoms with Gasteiger partial charge in [-0.15, -0.1) is 0 Å². The highest BCUT2D eigenvalue weighted by Gasteiger charge is 2.36. The Kier molecular flexibility index (Phi) is 4.07.